The van der Waals surface area contributed by atoms with Crippen molar-refractivity contribution in [1.29, 1.82) is 0 Å². The van der Waals surface area contributed by atoms with Crippen LogP contribution in [0, 0.1) is 0 Å². The Kier molecular flexibility index (Phi) is 15.0. The molecule has 2 heterocycles. The summed E-state index contributed by atoms with van der Waals surface area (Å²) in [6.45, 7) is 2.46. The molecule has 1 aliphatic heterocycles. The zero-order valence-electron chi connectivity index (χ0n) is 32.8. The molecular weight excluding hydrogens is 807 g/mol. The molecule has 0 unspecified atom stereocenters. The van der Waals surface area contributed by atoms with Crippen LogP contribution < -0.4 is 26.6 Å². The normalized spacial score (nSPS) is 14.4. The molecule has 1 aliphatic rings. The van der Waals surface area contributed by atoms with Gasteiger partial charge in [-0.05, 0) is 59.0 Å². The molecule has 2 amide bonds. The molecule has 13 nitrogen and oxygen atoms in total. The lowest BCUT2D eigenvalue weighted by Gasteiger charge is -2.36. The summed E-state index contributed by atoms with van der Waals surface area (Å²) in [6, 6.07) is 26.9. The number of aliphatic carboxylic acids is 1. The number of carboxylic acid groups (broad SMARTS) is 1. The first-order valence-electron chi connectivity index (χ1n) is 19.0. The molecule has 1 aromatic heterocycles. The van der Waals surface area contributed by atoms with E-state index in [0.29, 0.717) is 40.3 Å². The van der Waals surface area contributed by atoms with Crippen molar-refractivity contribution in [2.45, 2.75) is 50.6 Å². The summed E-state index contributed by atoms with van der Waals surface area (Å²) in [4.78, 5) is 49.1. The van der Waals surface area contributed by atoms with Gasteiger partial charge in [-0.3, -0.25) is 14.9 Å². The Morgan fingerprint density at radius 3 is 2.33 bits per heavy atom. The standard InChI is InChI=1S/C41H44ClN5O6.C2HF3O2/c1-47(2)20-18-30(19-21-47)53-41(52)45-35-22-26(8-12-31(35)27-6-4-3-5-7-27)9-16-38(50)44-29-11-10-28(34(42)23-29)24-43-25-37(49)32-13-15-36(48)40-33(32)14-17-39(51)46-40;3-2(4,5)1(6)7/h3-8,10-15,17,22-23,30,37,43,49H,9,16,18-21,24-25H2,1-2H3,(H3-,44,45,46,48,50,51,52);(H,6,7)/t37-;/m0./s1. The number of amides is 2. The lowest BCUT2D eigenvalue weighted by Crippen LogP contribution is -2.48. The number of H-pyrrole nitrogens is 1. The molecule has 0 radical (unpaired) electrons. The summed E-state index contributed by atoms with van der Waals surface area (Å²) in [6.07, 6.45) is -4.40. The number of fused-ring (bicyclic) bond motifs is 1. The molecule has 1 fully saturated rings. The number of likely N-dealkylation sites (tertiary alicyclic amines) is 1. The number of carbonyl (C=O) groups excluding carboxylic acids is 3. The maximum absolute atomic E-state index is 13.0. The minimum atomic E-state index is -5.19. The number of benzene rings is 4. The van der Waals surface area contributed by atoms with Gasteiger partial charge in [-0.15, -0.1) is 0 Å². The zero-order chi connectivity index (χ0) is 43.6. The van der Waals surface area contributed by atoms with Crippen LogP contribution in [0.2, 0.25) is 5.02 Å². The lowest BCUT2D eigenvalue weighted by molar-refractivity contribution is -0.896. The van der Waals surface area contributed by atoms with E-state index in [1.54, 1.807) is 24.3 Å². The number of aryl methyl sites for hydroxylation is 1. The van der Waals surface area contributed by atoms with E-state index < -0.39 is 24.3 Å². The smallest absolute Gasteiger partial charge is 0.430 e. The molecule has 6 N–H and O–H groups in total. The van der Waals surface area contributed by atoms with Gasteiger partial charge in [0.25, 0.3) is 0 Å². The predicted octanol–water partition coefficient (Wildman–Crippen LogP) is 6.03. The van der Waals surface area contributed by atoms with Crippen molar-refractivity contribution >= 4 is 51.8 Å². The van der Waals surface area contributed by atoms with E-state index in [9.17, 15) is 37.8 Å². The van der Waals surface area contributed by atoms with Gasteiger partial charge >= 0.3 is 12.3 Å². The monoisotopic (exact) mass is 851 g/mol. The summed E-state index contributed by atoms with van der Waals surface area (Å²) in [7, 11) is 4.37. The second-order valence-electron chi connectivity index (χ2n) is 14.9. The summed E-state index contributed by atoms with van der Waals surface area (Å²) < 4.78 is 38.3. The number of aliphatic hydroxyl groups excluding tert-OH is 1. The van der Waals surface area contributed by atoms with Crippen LogP contribution in [0.1, 0.15) is 42.1 Å². The fourth-order valence-electron chi connectivity index (χ4n) is 6.62. The Morgan fingerprint density at radius 2 is 1.67 bits per heavy atom. The minimum Gasteiger partial charge on any atom is -0.542 e. The molecule has 1 atom stereocenters. The van der Waals surface area contributed by atoms with E-state index in [1.807, 2.05) is 54.6 Å². The van der Waals surface area contributed by atoms with Crippen LogP contribution in [-0.4, -0.2) is 83.7 Å². The molecule has 17 heteroatoms. The molecule has 6 rings (SSSR count). The van der Waals surface area contributed by atoms with Crippen molar-refractivity contribution in [1.82, 2.24) is 10.3 Å². The number of nitrogens with zero attached hydrogens (tertiary/aromatic N) is 1. The summed E-state index contributed by atoms with van der Waals surface area (Å²) in [5.41, 5.74) is 5.16. The highest BCUT2D eigenvalue weighted by Crippen LogP contribution is 2.31. The van der Waals surface area contributed by atoms with Gasteiger partial charge in [0, 0.05) is 60.1 Å². The van der Waals surface area contributed by atoms with Crippen LogP contribution in [0.4, 0.5) is 29.3 Å². The Morgan fingerprint density at radius 1 is 0.967 bits per heavy atom. The number of pyridine rings is 1. The Labute approximate surface area is 348 Å². The largest absolute Gasteiger partial charge is 0.542 e. The van der Waals surface area contributed by atoms with Gasteiger partial charge in [0.2, 0.25) is 11.5 Å². The van der Waals surface area contributed by atoms with Crippen LogP contribution in [-0.2, 0) is 27.3 Å². The van der Waals surface area contributed by atoms with Gasteiger partial charge < -0.3 is 45.0 Å². The number of aromatic amines is 1. The average Bonchev–Trinajstić information content (AvgIpc) is 3.19. The summed E-state index contributed by atoms with van der Waals surface area (Å²) in [5.74, 6) is -3.26. The Balaban J connectivity index is 0.000000896. The number of piperidine rings is 1. The summed E-state index contributed by atoms with van der Waals surface area (Å²) >= 11 is 6.57. The molecule has 4 aromatic carbocycles. The van der Waals surface area contributed by atoms with Crippen LogP contribution in [0.5, 0.6) is 5.75 Å². The first-order valence-corrected chi connectivity index (χ1v) is 19.3. The van der Waals surface area contributed by atoms with Crippen molar-refractivity contribution in [2.75, 3.05) is 44.4 Å². The number of alkyl halides is 3. The third-order valence-electron chi connectivity index (χ3n) is 9.92. The SMILES string of the molecule is C[N+]1(C)CCC(OC(=O)Nc2cc(CCC(=O)Nc3ccc(CNC[C@H](O)c4ccc(O)c5[nH]c(=O)ccc45)c(Cl)c3)ccc2-c2ccccc2)CC1.O=C([O-])C(F)(F)F. The van der Waals surface area contributed by atoms with Crippen LogP contribution in [0.3, 0.4) is 0 Å². The highest BCUT2D eigenvalue weighted by Gasteiger charge is 2.29. The number of anilines is 2. The van der Waals surface area contributed by atoms with Gasteiger partial charge in [-0.1, -0.05) is 66.2 Å². The number of halogens is 4. The average molecular weight is 852 g/mol. The minimum absolute atomic E-state index is 0.0722. The van der Waals surface area contributed by atoms with E-state index in [4.69, 9.17) is 26.2 Å². The van der Waals surface area contributed by atoms with Crippen LogP contribution in [0.25, 0.3) is 22.0 Å². The van der Waals surface area contributed by atoms with E-state index in [2.05, 4.69) is 35.0 Å². The highest BCUT2D eigenvalue weighted by molar-refractivity contribution is 6.31. The van der Waals surface area contributed by atoms with Crippen LogP contribution in [0.15, 0.2) is 95.8 Å². The van der Waals surface area contributed by atoms with E-state index in [-0.39, 0.29) is 41.8 Å². The molecule has 0 aliphatic carbocycles. The number of rotatable bonds is 12. The number of ether oxygens (including phenoxy) is 1. The third kappa shape index (κ3) is 12.8. The predicted molar refractivity (Wildman–Crippen MR) is 219 cm³/mol. The van der Waals surface area contributed by atoms with E-state index in [0.717, 1.165) is 52.7 Å². The highest BCUT2D eigenvalue weighted by atomic mass is 35.5. The Hall–Kier alpha value is -5.94. The van der Waals surface area contributed by atoms with E-state index >= 15 is 0 Å². The molecule has 1 saturated heterocycles. The molecular formula is C43H45ClF3N5O8. The van der Waals surface area contributed by atoms with Crippen molar-refractivity contribution in [3.63, 3.8) is 0 Å². The fourth-order valence-corrected chi connectivity index (χ4v) is 6.87. The molecule has 0 saturated carbocycles. The number of phenols is 1. The maximum atomic E-state index is 13.0. The molecule has 5 aromatic rings. The van der Waals surface area contributed by atoms with Gasteiger partial charge in [0.15, 0.2) is 0 Å². The van der Waals surface area contributed by atoms with Crippen molar-refractivity contribution in [3.05, 3.63) is 123 Å². The first kappa shape index (κ1) is 45.1. The lowest BCUT2D eigenvalue weighted by atomic mass is 9.99. The Bertz CT molecular complexity index is 2370. The number of aromatic hydroxyl groups is 1. The quantitative estimate of drug-likeness (QED) is 0.0813. The topological polar surface area (TPSA) is 193 Å². The first-order chi connectivity index (χ1) is 28.4. The number of nitrogens with one attached hydrogen (secondary N) is 4. The van der Waals surface area contributed by atoms with Gasteiger partial charge in [-0.2, -0.15) is 13.2 Å². The van der Waals surface area contributed by atoms with Gasteiger partial charge in [-0.25, -0.2) is 4.79 Å². The summed E-state index contributed by atoms with van der Waals surface area (Å²) in [5, 5.41) is 39.9. The molecule has 0 spiro atoms. The number of carboxylic acids is 1. The van der Waals surface area contributed by atoms with E-state index in [1.165, 1.54) is 12.1 Å². The zero-order valence-corrected chi connectivity index (χ0v) is 33.5. The fraction of sp³-hybridized carbons (Fsp3) is 0.302. The number of aromatic nitrogens is 1. The van der Waals surface area contributed by atoms with Crippen LogP contribution >= 0.6 is 11.6 Å². The molecule has 60 heavy (non-hydrogen) atoms. The maximum Gasteiger partial charge on any atom is 0.430 e. The number of phenolic OH excluding ortho intramolecular Hbond substituents is 1. The second-order valence-corrected chi connectivity index (χ2v) is 15.3. The van der Waals surface area contributed by atoms with Gasteiger partial charge in [0.05, 0.1) is 44.5 Å². The third-order valence-corrected chi connectivity index (χ3v) is 10.3. The van der Waals surface area contributed by atoms with Crippen molar-refractivity contribution < 1.29 is 52.1 Å². The number of carbonyl (C=O) groups is 3. The molecule has 318 valence electrons. The van der Waals surface area contributed by atoms with Gasteiger partial charge in [0.1, 0.15) is 17.8 Å². The number of quaternary nitrogens is 1. The number of hydrogen-bond acceptors (Lipinski definition) is 9. The number of hydrogen-bond donors (Lipinski definition) is 6. The molecule has 0 bridgehead atoms. The second kappa shape index (κ2) is 19.9. The van der Waals surface area contributed by atoms with Crippen molar-refractivity contribution in [2.24, 2.45) is 0 Å². The van der Waals surface area contributed by atoms with Crippen molar-refractivity contribution in [3.8, 4) is 16.9 Å². The number of aliphatic hydroxyl groups is 1.